The molecule has 0 saturated heterocycles. The molecule has 0 amide bonds. The molecule has 0 aromatic rings. The molecule has 0 saturated carbocycles. The molecule has 0 aliphatic heterocycles. The quantitative estimate of drug-likeness (QED) is 0.340. The maximum Gasteiger partial charge on any atom is 0.332 e. The Morgan fingerprint density at radius 1 is 1.43 bits per heavy atom. The van der Waals surface area contributed by atoms with E-state index in [4.69, 9.17) is 9.47 Å². The second-order valence-electron chi connectivity index (χ2n) is 2.69. The second kappa shape index (κ2) is 9.99. The van der Waals surface area contributed by atoms with Crippen LogP contribution < -0.4 is 0 Å². The Kier molecular flexibility index (Phi) is 9.22. The topological polar surface area (TPSA) is 35.5 Å². The summed E-state index contributed by atoms with van der Waals surface area (Å²) in [7, 11) is 0. The van der Waals surface area contributed by atoms with Crippen LogP contribution in [-0.2, 0) is 14.3 Å². The van der Waals surface area contributed by atoms with Crippen molar-refractivity contribution in [2.75, 3.05) is 19.8 Å². The first-order valence-corrected chi connectivity index (χ1v) is 4.80. The van der Waals surface area contributed by atoms with Crippen LogP contribution in [0.15, 0.2) is 24.8 Å². The minimum Gasteiger partial charge on any atom is -0.460 e. The minimum absolute atomic E-state index is 0.0216. The number of carbonyl (C=O) groups excluding carboxylic acids is 1. The zero-order valence-corrected chi connectivity index (χ0v) is 8.70. The predicted octanol–water partition coefficient (Wildman–Crippen LogP) is 2.09. The third-order valence-electron chi connectivity index (χ3n) is 1.41. The summed E-state index contributed by atoms with van der Waals surface area (Å²) in [5.41, 5.74) is 0. The molecule has 0 unspecified atom stereocenters. The second-order valence-corrected chi connectivity index (χ2v) is 2.69. The van der Waals surface area contributed by atoms with Gasteiger partial charge in [0.25, 0.3) is 0 Å². The monoisotopic (exact) mass is 198 g/mol. The van der Waals surface area contributed by atoms with Gasteiger partial charge in [0, 0.05) is 0 Å². The molecule has 0 radical (unpaired) electrons. The molecule has 0 rings (SSSR count). The van der Waals surface area contributed by atoms with E-state index in [2.05, 4.69) is 19.6 Å². The minimum atomic E-state index is -0.343. The van der Waals surface area contributed by atoms with Crippen LogP contribution in [0.4, 0.5) is 0 Å². The molecule has 3 nitrogen and oxygen atoms in total. The molecule has 0 atom stereocenters. The van der Waals surface area contributed by atoms with Crippen molar-refractivity contribution >= 4 is 5.97 Å². The molecule has 0 aliphatic carbocycles. The Morgan fingerprint density at radius 2 is 2.21 bits per heavy atom. The zero-order chi connectivity index (χ0) is 10.6. The standard InChI is InChI=1S/C11H18O3/c1-3-5-6-7-9-13-10-11(12)14-8-4-2/h4-6H,2-3,7-10H2,1H3. The van der Waals surface area contributed by atoms with E-state index in [-0.39, 0.29) is 19.2 Å². The summed E-state index contributed by atoms with van der Waals surface area (Å²) < 4.78 is 9.80. The fraction of sp³-hybridized carbons (Fsp3) is 0.545. The summed E-state index contributed by atoms with van der Waals surface area (Å²) in [6.45, 7) is 6.33. The average molecular weight is 198 g/mol. The van der Waals surface area contributed by atoms with E-state index in [1.807, 2.05) is 6.08 Å². The molecule has 80 valence electrons. The molecule has 0 aromatic carbocycles. The molecule has 0 aliphatic rings. The summed E-state index contributed by atoms with van der Waals surface area (Å²) in [5, 5.41) is 0. The van der Waals surface area contributed by atoms with E-state index in [0.29, 0.717) is 6.61 Å². The van der Waals surface area contributed by atoms with Crippen LogP contribution in [0.3, 0.4) is 0 Å². The Morgan fingerprint density at radius 3 is 2.86 bits per heavy atom. The fourth-order valence-corrected chi connectivity index (χ4v) is 0.785. The Labute approximate surface area is 85.4 Å². The van der Waals surface area contributed by atoms with Gasteiger partial charge in [-0.25, -0.2) is 4.79 Å². The number of esters is 1. The zero-order valence-electron chi connectivity index (χ0n) is 8.70. The van der Waals surface area contributed by atoms with E-state index >= 15 is 0 Å². The lowest BCUT2D eigenvalue weighted by atomic mass is 10.3. The van der Waals surface area contributed by atoms with Crippen LogP contribution in [0.1, 0.15) is 19.8 Å². The lowest BCUT2D eigenvalue weighted by molar-refractivity contribution is -0.147. The Balaban J connectivity index is 3.22. The van der Waals surface area contributed by atoms with E-state index in [9.17, 15) is 4.79 Å². The molecule has 0 aromatic heterocycles. The van der Waals surface area contributed by atoms with Gasteiger partial charge in [0.1, 0.15) is 13.2 Å². The maximum absolute atomic E-state index is 10.9. The first-order valence-electron chi connectivity index (χ1n) is 4.80. The normalized spacial score (nSPS) is 10.4. The van der Waals surface area contributed by atoms with Gasteiger partial charge >= 0.3 is 5.97 Å². The third kappa shape index (κ3) is 9.00. The third-order valence-corrected chi connectivity index (χ3v) is 1.41. The lowest BCUT2D eigenvalue weighted by Crippen LogP contribution is -2.12. The summed E-state index contributed by atoms with van der Waals surface area (Å²) in [5.74, 6) is -0.343. The SMILES string of the molecule is C=CCOC(=O)COCCC=CCC. The fourth-order valence-electron chi connectivity index (χ4n) is 0.785. The first-order chi connectivity index (χ1) is 6.81. The van der Waals surface area contributed by atoms with Crippen molar-refractivity contribution in [1.29, 1.82) is 0 Å². The summed E-state index contributed by atoms with van der Waals surface area (Å²) >= 11 is 0. The molecule has 0 N–H and O–H groups in total. The van der Waals surface area contributed by atoms with Crippen molar-refractivity contribution in [3.05, 3.63) is 24.8 Å². The number of rotatable bonds is 8. The van der Waals surface area contributed by atoms with Gasteiger partial charge in [-0.1, -0.05) is 31.7 Å². The summed E-state index contributed by atoms with van der Waals surface area (Å²) in [6.07, 6.45) is 7.50. The van der Waals surface area contributed by atoms with Crippen LogP contribution in [-0.4, -0.2) is 25.8 Å². The van der Waals surface area contributed by atoms with Crippen molar-refractivity contribution in [1.82, 2.24) is 0 Å². The summed E-state index contributed by atoms with van der Waals surface area (Å²) in [4.78, 5) is 10.9. The van der Waals surface area contributed by atoms with Gasteiger partial charge in [-0.3, -0.25) is 0 Å². The van der Waals surface area contributed by atoms with Crippen molar-refractivity contribution < 1.29 is 14.3 Å². The number of carbonyl (C=O) groups is 1. The van der Waals surface area contributed by atoms with E-state index in [1.54, 1.807) is 0 Å². The number of hydrogen-bond donors (Lipinski definition) is 0. The molecule has 0 spiro atoms. The highest BCUT2D eigenvalue weighted by molar-refractivity contribution is 5.70. The molecule has 0 fully saturated rings. The molecular formula is C11H18O3. The smallest absolute Gasteiger partial charge is 0.332 e. The van der Waals surface area contributed by atoms with Crippen LogP contribution in [0.5, 0.6) is 0 Å². The maximum atomic E-state index is 10.9. The largest absolute Gasteiger partial charge is 0.460 e. The van der Waals surface area contributed by atoms with Crippen molar-refractivity contribution in [2.24, 2.45) is 0 Å². The van der Waals surface area contributed by atoms with Gasteiger partial charge in [-0.2, -0.15) is 0 Å². The molecule has 0 bridgehead atoms. The highest BCUT2D eigenvalue weighted by Gasteiger charge is 1.99. The molecule has 3 heteroatoms. The number of ether oxygens (including phenoxy) is 2. The molecule has 0 heterocycles. The van der Waals surface area contributed by atoms with Crippen molar-refractivity contribution in [2.45, 2.75) is 19.8 Å². The van der Waals surface area contributed by atoms with Gasteiger partial charge < -0.3 is 9.47 Å². The van der Waals surface area contributed by atoms with Gasteiger partial charge in [0.05, 0.1) is 6.61 Å². The van der Waals surface area contributed by atoms with Gasteiger partial charge in [-0.15, -0.1) is 0 Å². The van der Waals surface area contributed by atoms with Gasteiger partial charge in [0.15, 0.2) is 0 Å². The highest BCUT2D eigenvalue weighted by Crippen LogP contribution is 1.89. The molecule has 14 heavy (non-hydrogen) atoms. The molecular weight excluding hydrogens is 180 g/mol. The van der Waals surface area contributed by atoms with E-state index in [0.717, 1.165) is 12.8 Å². The van der Waals surface area contributed by atoms with Crippen molar-refractivity contribution in [3.63, 3.8) is 0 Å². The first kappa shape index (κ1) is 12.9. The Hall–Kier alpha value is -1.09. The highest BCUT2D eigenvalue weighted by atomic mass is 16.6. The van der Waals surface area contributed by atoms with Crippen molar-refractivity contribution in [3.8, 4) is 0 Å². The van der Waals surface area contributed by atoms with Gasteiger partial charge in [0.2, 0.25) is 0 Å². The van der Waals surface area contributed by atoms with E-state index < -0.39 is 0 Å². The average Bonchev–Trinajstić information content (AvgIpc) is 2.20. The van der Waals surface area contributed by atoms with Crippen LogP contribution in [0.2, 0.25) is 0 Å². The van der Waals surface area contributed by atoms with Crippen LogP contribution in [0, 0.1) is 0 Å². The van der Waals surface area contributed by atoms with Crippen LogP contribution in [0.25, 0.3) is 0 Å². The lowest BCUT2D eigenvalue weighted by Gasteiger charge is -2.02. The number of hydrogen-bond acceptors (Lipinski definition) is 3. The van der Waals surface area contributed by atoms with E-state index in [1.165, 1.54) is 6.08 Å². The Bertz CT molecular complexity index is 185. The summed E-state index contributed by atoms with van der Waals surface area (Å²) in [6, 6.07) is 0. The van der Waals surface area contributed by atoms with Crippen LogP contribution >= 0.6 is 0 Å². The number of allylic oxidation sites excluding steroid dienone is 1. The predicted molar refractivity (Wildman–Crippen MR) is 56.0 cm³/mol. The van der Waals surface area contributed by atoms with Gasteiger partial charge in [-0.05, 0) is 12.8 Å².